The smallest absolute Gasteiger partial charge is 0.101 e. The summed E-state index contributed by atoms with van der Waals surface area (Å²) in [6, 6.07) is 13.6. The van der Waals surface area contributed by atoms with Crippen molar-refractivity contribution in [2.45, 2.75) is 13.8 Å². The Balaban J connectivity index is 2.36. The maximum absolute atomic E-state index is 9.07. The highest BCUT2D eigenvalue weighted by molar-refractivity contribution is 6.31. The summed E-state index contributed by atoms with van der Waals surface area (Å²) < 4.78 is 0. The first kappa shape index (κ1) is 12.5. The highest BCUT2D eigenvalue weighted by Gasteiger charge is 2.04. The first-order chi connectivity index (χ1) is 8.60. The van der Waals surface area contributed by atoms with Crippen LogP contribution in [0.1, 0.15) is 16.7 Å². The fraction of sp³-hybridized carbons (Fsp3) is 0.133. The van der Waals surface area contributed by atoms with E-state index in [1.54, 1.807) is 0 Å². The molecule has 0 aromatic heterocycles. The zero-order chi connectivity index (χ0) is 13.1. The van der Waals surface area contributed by atoms with Crippen LogP contribution in [0, 0.1) is 25.2 Å². The van der Waals surface area contributed by atoms with Gasteiger partial charge < -0.3 is 5.32 Å². The molecule has 1 N–H and O–H groups in total. The normalized spacial score (nSPS) is 9.89. The van der Waals surface area contributed by atoms with Gasteiger partial charge in [0.25, 0.3) is 0 Å². The second-order valence-electron chi connectivity index (χ2n) is 4.25. The number of benzene rings is 2. The average molecular weight is 257 g/mol. The summed E-state index contributed by atoms with van der Waals surface area (Å²) in [5, 5.41) is 13.0. The summed E-state index contributed by atoms with van der Waals surface area (Å²) in [4.78, 5) is 0. The third-order valence-electron chi connectivity index (χ3n) is 2.75. The van der Waals surface area contributed by atoms with Crippen LogP contribution in [0.4, 0.5) is 11.4 Å². The van der Waals surface area contributed by atoms with Crippen molar-refractivity contribution in [2.24, 2.45) is 0 Å². The summed E-state index contributed by atoms with van der Waals surface area (Å²) in [5.74, 6) is 0. The van der Waals surface area contributed by atoms with E-state index in [4.69, 9.17) is 16.9 Å². The summed E-state index contributed by atoms with van der Waals surface area (Å²) in [6.45, 7) is 3.95. The number of hydrogen-bond acceptors (Lipinski definition) is 2. The maximum Gasteiger partial charge on any atom is 0.101 e. The van der Waals surface area contributed by atoms with Crippen molar-refractivity contribution in [1.29, 1.82) is 5.26 Å². The highest BCUT2D eigenvalue weighted by Crippen LogP contribution is 2.25. The van der Waals surface area contributed by atoms with Gasteiger partial charge in [0.05, 0.1) is 11.3 Å². The van der Waals surface area contributed by atoms with E-state index in [1.165, 1.54) is 0 Å². The predicted molar refractivity (Wildman–Crippen MR) is 75.4 cm³/mol. The van der Waals surface area contributed by atoms with E-state index in [0.29, 0.717) is 10.6 Å². The molecule has 0 amide bonds. The van der Waals surface area contributed by atoms with Crippen molar-refractivity contribution in [3.63, 3.8) is 0 Å². The zero-order valence-corrected chi connectivity index (χ0v) is 11.0. The summed E-state index contributed by atoms with van der Waals surface area (Å²) in [6.07, 6.45) is 0. The van der Waals surface area contributed by atoms with Gasteiger partial charge in [0, 0.05) is 10.7 Å². The standard InChI is InChI=1S/C15H13ClN2/c1-10-3-5-12(9-17)15(7-10)18-13-6-4-11(2)14(16)8-13/h3-8,18H,1-2H3. The molecule has 2 nitrogen and oxygen atoms in total. The predicted octanol–water partition coefficient (Wildman–Crippen LogP) is 4.57. The second-order valence-corrected chi connectivity index (χ2v) is 4.66. The fourth-order valence-corrected chi connectivity index (χ4v) is 1.87. The van der Waals surface area contributed by atoms with Crippen molar-refractivity contribution in [1.82, 2.24) is 0 Å². The molecule has 0 heterocycles. The van der Waals surface area contributed by atoms with Crippen molar-refractivity contribution >= 4 is 23.0 Å². The lowest BCUT2D eigenvalue weighted by Crippen LogP contribution is -1.94. The molecule has 0 unspecified atom stereocenters. The Bertz CT molecular complexity index is 627. The SMILES string of the molecule is Cc1ccc(C#N)c(Nc2ccc(C)c(Cl)c2)c1. The molecular formula is C15H13ClN2. The van der Waals surface area contributed by atoms with Crippen molar-refractivity contribution < 1.29 is 0 Å². The Morgan fingerprint density at radius 3 is 2.56 bits per heavy atom. The van der Waals surface area contributed by atoms with Gasteiger partial charge in [-0.2, -0.15) is 5.26 Å². The number of hydrogen-bond donors (Lipinski definition) is 1. The number of nitrogens with zero attached hydrogens (tertiary/aromatic N) is 1. The number of halogens is 1. The van der Waals surface area contributed by atoms with Gasteiger partial charge in [-0.15, -0.1) is 0 Å². The van der Waals surface area contributed by atoms with E-state index in [9.17, 15) is 0 Å². The summed E-state index contributed by atoms with van der Waals surface area (Å²) in [5.41, 5.74) is 4.45. The molecule has 0 aliphatic carbocycles. The number of anilines is 2. The van der Waals surface area contributed by atoms with Gasteiger partial charge in [-0.1, -0.05) is 23.7 Å². The molecule has 0 bridgehead atoms. The van der Waals surface area contributed by atoms with E-state index < -0.39 is 0 Å². The topological polar surface area (TPSA) is 35.8 Å². The Kier molecular flexibility index (Phi) is 3.55. The van der Waals surface area contributed by atoms with Crippen LogP contribution in [-0.4, -0.2) is 0 Å². The molecule has 90 valence electrons. The van der Waals surface area contributed by atoms with Crippen LogP contribution in [0.2, 0.25) is 5.02 Å². The van der Waals surface area contributed by atoms with Crippen LogP contribution in [-0.2, 0) is 0 Å². The minimum Gasteiger partial charge on any atom is -0.354 e. The Hall–Kier alpha value is -1.98. The van der Waals surface area contributed by atoms with Crippen molar-refractivity contribution in [3.05, 3.63) is 58.1 Å². The first-order valence-electron chi connectivity index (χ1n) is 5.64. The van der Waals surface area contributed by atoms with Gasteiger partial charge in [0.15, 0.2) is 0 Å². The third kappa shape index (κ3) is 2.64. The Morgan fingerprint density at radius 2 is 1.89 bits per heavy atom. The van der Waals surface area contributed by atoms with Crippen LogP contribution >= 0.6 is 11.6 Å². The number of aryl methyl sites for hydroxylation is 2. The molecule has 0 spiro atoms. The molecule has 3 heteroatoms. The van der Waals surface area contributed by atoms with Crippen LogP contribution in [0.15, 0.2) is 36.4 Å². The molecule has 0 fully saturated rings. The molecule has 0 radical (unpaired) electrons. The molecule has 2 rings (SSSR count). The number of nitriles is 1. The van der Waals surface area contributed by atoms with E-state index >= 15 is 0 Å². The van der Waals surface area contributed by atoms with E-state index in [2.05, 4.69) is 11.4 Å². The summed E-state index contributed by atoms with van der Waals surface area (Å²) >= 11 is 6.08. The van der Waals surface area contributed by atoms with Gasteiger partial charge in [-0.3, -0.25) is 0 Å². The van der Waals surface area contributed by atoms with Crippen molar-refractivity contribution in [3.8, 4) is 6.07 Å². The van der Waals surface area contributed by atoms with Crippen LogP contribution in [0.25, 0.3) is 0 Å². The Labute approximate surface area is 112 Å². The van der Waals surface area contributed by atoms with Gasteiger partial charge in [0.2, 0.25) is 0 Å². The second kappa shape index (κ2) is 5.12. The lowest BCUT2D eigenvalue weighted by atomic mass is 10.1. The van der Waals surface area contributed by atoms with Gasteiger partial charge in [-0.05, 0) is 49.2 Å². The lowest BCUT2D eigenvalue weighted by Gasteiger charge is -2.10. The monoisotopic (exact) mass is 256 g/mol. The lowest BCUT2D eigenvalue weighted by molar-refractivity contribution is 1.40. The Morgan fingerprint density at radius 1 is 1.11 bits per heavy atom. The average Bonchev–Trinajstić information content (AvgIpc) is 2.34. The number of nitrogens with one attached hydrogen (secondary N) is 1. The quantitative estimate of drug-likeness (QED) is 0.854. The molecule has 2 aromatic carbocycles. The molecule has 0 aliphatic rings. The van der Waals surface area contributed by atoms with Crippen LogP contribution < -0.4 is 5.32 Å². The van der Waals surface area contributed by atoms with Gasteiger partial charge in [-0.25, -0.2) is 0 Å². The van der Waals surface area contributed by atoms with Gasteiger partial charge >= 0.3 is 0 Å². The molecular weight excluding hydrogens is 244 g/mol. The molecule has 0 saturated heterocycles. The fourth-order valence-electron chi connectivity index (χ4n) is 1.69. The third-order valence-corrected chi connectivity index (χ3v) is 3.15. The molecule has 2 aromatic rings. The molecule has 0 atom stereocenters. The molecule has 0 aliphatic heterocycles. The van der Waals surface area contributed by atoms with Gasteiger partial charge in [0.1, 0.15) is 6.07 Å². The van der Waals surface area contributed by atoms with E-state index in [-0.39, 0.29) is 0 Å². The minimum absolute atomic E-state index is 0.622. The molecule has 18 heavy (non-hydrogen) atoms. The van der Waals surface area contributed by atoms with Crippen LogP contribution in [0.5, 0.6) is 0 Å². The highest BCUT2D eigenvalue weighted by atomic mass is 35.5. The van der Waals surface area contributed by atoms with Crippen molar-refractivity contribution in [2.75, 3.05) is 5.32 Å². The van der Waals surface area contributed by atoms with E-state index in [1.807, 2.05) is 50.2 Å². The maximum atomic E-state index is 9.07. The van der Waals surface area contributed by atoms with Crippen LogP contribution in [0.3, 0.4) is 0 Å². The van der Waals surface area contributed by atoms with E-state index in [0.717, 1.165) is 22.5 Å². The largest absolute Gasteiger partial charge is 0.354 e. The summed E-state index contributed by atoms with van der Waals surface area (Å²) in [7, 11) is 0. The minimum atomic E-state index is 0.622. The zero-order valence-electron chi connectivity index (χ0n) is 10.3. The number of rotatable bonds is 2. The molecule has 0 saturated carbocycles. The first-order valence-corrected chi connectivity index (χ1v) is 6.02.